The molecule has 4 heteroatoms. The SMILES string of the molecule is CCNC(CCN(C)C1CCOC1C)c1cccc(Br)c1. The predicted molar refractivity (Wildman–Crippen MR) is 91.6 cm³/mol. The van der Waals surface area contributed by atoms with Crippen LogP contribution in [0.3, 0.4) is 0 Å². The lowest BCUT2D eigenvalue weighted by Gasteiger charge is -2.28. The van der Waals surface area contributed by atoms with Crippen molar-refractivity contribution in [3.05, 3.63) is 34.3 Å². The van der Waals surface area contributed by atoms with Crippen LogP contribution in [-0.4, -0.2) is 43.8 Å². The van der Waals surface area contributed by atoms with Crippen LogP contribution < -0.4 is 5.32 Å². The van der Waals surface area contributed by atoms with Crippen LogP contribution in [0.4, 0.5) is 0 Å². The Morgan fingerprint density at radius 3 is 2.90 bits per heavy atom. The zero-order chi connectivity index (χ0) is 15.2. The second-order valence-corrected chi connectivity index (χ2v) is 6.78. The first-order valence-corrected chi connectivity index (χ1v) is 8.71. The van der Waals surface area contributed by atoms with Gasteiger partial charge in [-0.3, -0.25) is 0 Å². The van der Waals surface area contributed by atoms with Crippen LogP contribution in [0.2, 0.25) is 0 Å². The molecule has 3 unspecified atom stereocenters. The topological polar surface area (TPSA) is 24.5 Å². The van der Waals surface area contributed by atoms with Crippen molar-refractivity contribution in [2.45, 2.75) is 44.9 Å². The molecule has 0 aliphatic carbocycles. The van der Waals surface area contributed by atoms with Crippen molar-refractivity contribution >= 4 is 15.9 Å². The van der Waals surface area contributed by atoms with Gasteiger partial charge in [-0.15, -0.1) is 0 Å². The van der Waals surface area contributed by atoms with Gasteiger partial charge in [-0.05, 0) is 51.1 Å². The molecule has 0 amide bonds. The monoisotopic (exact) mass is 354 g/mol. The third-order valence-electron chi connectivity index (χ3n) is 4.37. The second-order valence-electron chi connectivity index (χ2n) is 5.87. The maximum atomic E-state index is 5.68. The molecule has 1 aliphatic rings. The van der Waals surface area contributed by atoms with Crippen molar-refractivity contribution in [2.75, 3.05) is 26.7 Å². The second kappa shape index (κ2) is 8.28. The molecule has 0 bridgehead atoms. The summed E-state index contributed by atoms with van der Waals surface area (Å²) < 4.78 is 6.83. The molecule has 0 saturated carbocycles. The minimum Gasteiger partial charge on any atom is -0.377 e. The molecule has 1 N–H and O–H groups in total. The predicted octanol–water partition coefficient (Wildman–Crippen LogP) is 3.60. The first kappa shape index (κ1) is 16.9. The maximum absolute atomic E-state index is 5.68. The quantitative estimate of drug-likeness (QED) is 0.809. The molecule has 1 aliphatic heterocycles. The molecule has 1 saturated heterocycles. The van der Waals surface area contributed by atoms with Crippen molar-refractivity contribution in [2.24, 2.45) is 0 Å². The summed E-state index contributed by atoms with van der Waals surface area (Å²) in [5.74, 6) is 0. The summed E-state index contributed by atoms with van der Waals surface area (Å²) in [4.78, 5) is 2.46. The van der Waals surface area contributed by atoms with E-state index in [1.54, 1.807) is 0 Å². The molecule has 0 spiro atoms. The van der Waals surface area contributed by atoms with Crippen molar-refractivity contribution < 1.29 is 4.74 Å². The molecular weight excluding hydrogens is 328 g/mol. The number of ether oxygens (including phenoxy) is 1. The first-order chi connectivity index (χ1) is 10.1. The van der Waals surface area contributed by atoms with Gasteiger partial charge in [0.2, 0.25) is 0 Å². The average Bonchev–Trinajstić information content (AvgIpc) is 2.89. The van der Waals surface area contributed by atoms with E-state index < -0.39 is 0 Å². The highest BCUT2D eigenvalue weighted by atomic mass is 79.9. The smallest absolute Gasteiger partial charge is 0.0702 e. The van der Waals surface area contributed by atoms with Gasteiger partial charge in [-0.1, -0.05) is 35.0 Å². The summed E-state index contributed by atoms with van der Waals surface area (Å²) in [5.41, 5.74) is 1.36. The Balaban J connectivity index is 1.93. The Labute approximate surface area is 137 Å². The van der Waals surface area contributed by atoms with Crippen molar-refractivity contribution in [1.82, 2.24) is 10.2 Å². The molecule has 0 radical (unpaired) electrons. The minimum absolute atomic E-state index is 0.360. The lowest BCUT2D eigenvalue weighted by atomic mass is 10.0. The van der Waals surface area contributed by atoms with E-state index in [1.807, 2.05) is 0 Å². The fraction of sp³-hybridized carbons (Fsp3) is 0.647. The van der Waals surface area contributed by atoms with Crippen LogP contribution >= 0.6 is 15.9 Å². The highest BCUT2D eigenvalue weighted by Gasteiger charge is 2.27. The molecule has 2 rings (SSSR count). The average molecular weight is 355 g/mol. The normalized spacial score (nSPS) is 23.7. The van der Waals surface area contributed by atoms with Crippen LogP contribution in [0.25, 0.3) is 0 Å². The maximum Gasteiger partial charge on any atom is 0.0702 e. The summed E-state index contributed by atoms with van der Waals surface area (Å²) >= 11 is 3.57. The Bertz CT molecular complexity index is 441. The minimum atomic E-state index is 0.360. The molecule has 118 valence electrons. The van der Waals surface area contributed by atoms with E-state index in [0.29, 0.717) is 18.2 Å². The number of benzene rings is 1. The van der Waals surface area contributed by atoms with Crippen LogP contribution in [0, 0.1) is 0 Å². The Kier molecular flexibility index (Phi) is 6.68. The molecule has 0 aromatic heterocycles. The molecule has 3 nitrogen and oxygen atoms in total. The van der Waals surface area contributed by atoms with Gasteiger partial charge in [-0.25, -0.2) is 0 Å². The number of hydrogen-bond donors (Lipinski definition) is 1. The number of rotatable bonds is 7. The highest BCUT2D eigenvalue weighted by molar-refractivity contribution is 9.10. The van der Waals surface area contributed by atoms with Gasteiger partial charge in [0.25, 0.3) is 0 Å². The molecule has 1 heterocycles. The number of hydrogen-bond acceptors (Lipinski definition) is 3. The Hall–Kier alpha value is -0.420. The van der Waals surface area contributed by atoms with E-state index in [9.17, 15) is 0 Å². The van der Waals surface area contributed by atoms with E-state index in [4.69, 9.17) is 4.74 Å². The lowest BCUT2D eigenvalue weighted by Crippen LogP contribution is -2.38. The third-order valence-corrected chi connectivity index (χ3v) is 4.87. The number of likely N-dealkylation sites (N-methyl/N-ethyl adjacent to an activating group) is 1. The van der Waals surface area contributed by atoms with E-state index in [1.165, 1.54) is 5.56 Å². The van der Waals surface area contributed by atoms with Crippen LogP contribution in [-0.2, 0) is 4.74 Å². The fourth-order valence-corrected chi connectivity index (χ4v) is 3.57. The summed E-state index contributed by atoms with van der Waals surface area (Å²) in [7, 11) is 2.22. The summed E-state index contributed by atoms with van der Waals surface area (Å²) in [6, 6.07) is 9.59. The molecule has 1 fully saturated rings. The molecule has 1 aromatic carbocycles. The standard InChI is InChI=1S/C17H27BrN2O/c1-4-19-16(14-6-5-7-15(18)12-14)8-10-20(3)17-9-11-21-13(17)2/h5-7,12-13,16-17,19H,4,8-11H2,1-3H3. The summed E-state index contributed by atoms with van der Waals surface area (Å²) in [6.07, 6.45) is 2.63. The van der Waals surface area contributed by atoms with Gasteiger partial charge >= 0.3 is 0 Å². The molecule has 3 atom stereocenters. The van der Waals surface area contributed by atoms with E-state index in [2.05, 4.69) is 71.3 Å². The lowest BCUT2D eigenvalue weighted by molar-refractivity contribution is 0.0823. The van der Waals surface area contributed by atoms with E-state index in [0.717, 1.165) is 37.0 Å². The Morgan fingerprint density at radius 1 is 1.48 bits per heavy atom. The van der Waals surface area contributed by atoms with Gasteiger partial charge < -0.3 is 15.0 Å². The van der Waals surface area contributed by atoms with Crippen molar-refractivity contribution in [3.8, 4) is 0 Å². The summed E-state index contributed by atoms with van der Waals surface area (Å²) in [6.45, 7) is 7.33. The van der Waals surface area contributed by atoms with Crippen LogP contribution in [0.1, 0.15) is 38.3 Å². The van der Waals surface area contributed by atoms with Gasteiger partial charge in [0.05, 0.1) is 6.10 Å². The van der Waals surface area contributed by atoms with Crippen LogP contribution in [0.5, 0.6) is 0 Å². The van der Waals surface area contributed by atoms with Crippen molar-refractivity contribution in [1.29, 1.82) is 0 Å². The van der Waals surface area contributed by atoms with Gasteiger partial charge in [-0.2, -0.15) is 0 Å². The van der Waals surface area contributed by atoms with E-state index in [-0.39, 0.29) is 0 Å². The van der Waals surface area contributed by atoms with E-state index >= 15 is 0 Å². The van der Waals surface area contributed by atoms with Crippen molar-refractivity contribution in [3.63, 3.8) is 0 Å². The number of nitrogens with zero attached hydrogens (tertiary/aromatic N) is 1. The summed E-state index contributed by atoms with van der Waals surface area (Å²) in [5, 5.41) is 3.60. The first-order valence-electron chi connectivity index (χ1n) is 7.92. The van der Waals surface area contributed by atoms with Gasteiger partial charge in [0.1, 0.15) is 0 Å². The zero-order valence-corrected chi connectivity index (χ0v) is 14.9. The Morgan fingerprint density at radius 2 is 2.29 bits per heavy atom. The van der Waals surface area contributed by atoms with Gasteiger partial charge in [0.15, 0.2) is 0 Å². The zero-order valence-electron chi connectivity index (χ0n) is 13.3. The van der Waals surface area contributed by atoms with Gasteiger partial charge in [0, 0.05) is 29.7 Å². The number of nitrogens with one attached hydrogen (secondary N) is 1. The fourth-order valence-electron chi connectivity index (χ4n) is 3.15. The third kappa shape index (κ3) is 4.78. The molecule has 1 aromatic rings. The molecular formula is C17H27BrN2O. The number of halogens is 1. The van der Waals surface area contributed by atoms with Crippen LogP contribution in [0.15, 0.2) is 28.7 Å². The molecule has 21 heavy (non-hydrogen) atoms. The highest BCUT2D eigenvalue weighted by Crippen LogP contribution is 2.23. The largest absolute Gasteiger partial charge is 0.377 e.